The maximum atomic E-state index is 14.4. The minimum atomic E-state index is -3.90. The van der Waals surface area contributed by atoms with Crippen LogP contribution in [0.25, 0.3) is 0 Å². The maximum Gasteiger partial charge on any atom is 0.261 e. The summed E-state index contributed by atoms with van der Waals surface area (Å²) in [5.74, 6) is -0.0549. The molecule has 0 spiro atoms. The zero-order valence-electron chi connectivity index (χ0n) is 27.6. The van der Waals surface area contributed by atoms with E-state index in [9.17, 15) is 18.3 Å². The Bertz CT molecular complexity index is 1520. The predicted octanol–water partition coefficient (Wildman–Crippen LogP) is 5.12. The molecule has 11 heteroatoms. The fourth-order valence-corrected chi connectivity index (χ4v) is 6.60. The van der Waals surface area contributed by atoms with Gasteiger partial charge in [-0.2, -0.15) is 0 Å². The number of amides is 1. The zero-order valence-corrected chi connectivity index (χ0v) is 28.4. The van der Waals surface area contributed by atoms with E-state index in [1.807, 2.05) is 26.0 Å². The molecule has 0 fully saturated rings. The van der Waals surface area contributed by atoms with Gasteiger partial charge in [0.1, 0.15) is 5.75 Å². The van der Waals surface area contributed by atoms with Crippen molar-refractivity contribution < 1.29 is 27.8 Å². The number of rotatable bonds is 9. The smallest absolute Gasteiger partial charge is 0.261 e. The van der Waals surface area contributed by atoms with Crippen LogP contribution in [0, 0.1) is 12.8 Å². The van der Waals surface area contributed by atoms with Crippen molar-refractivity contribution in [3.05, 3.63) is 83.7 Å². The van der Waals surface area contributed by atoms with Gasteiger partial charge < -0.3 is 19.5 Å². The molecule has 1 amide bonds. The van der Waals surface area contributed by atoms with Crippen LogP contribution in [-0.4, -0.2) is 85.8 Å². The number of aromatic nitrogens is 1. The second-order valence-electron chi connectivity index (χ2n) is 12.5. The molecule has 1 aromatic heterocycles. The number of anilines is 1. The molecule has 0 saturated heterocycles. The van der Waals surface area contributed by atoms with Gasteiger partial charge in [-0.25, -0.2) is 8.42 Å². The summed E-state index contributed by atoms with van der Waals surface area (Å²) in [7, 11) is -1.85. The van der Waals surface area contributed by atoms with Crippen molar-refractivity contribution in [3.8, 4) is 5.75 Å². The van der Waals surface area contributed by atoms with Crippen LogP contribution >= 0.6 is 0 Å². The van der Waals surface area contributed by atoms with Crippen molar-refractivity contribution in [2.75, 3.05) is 38.1 Å². The van der Waals surface area contributed by atoms with Crippen LogP contribution in [0.2, 0.25) is 0 Å². The number of hydrogen-bond donors (Lipinski definition) is 2. The summed E-state index contributed by atoms with van der Waals surface area (Å²) in [6.45, 7) is 9.77. The molecular formula is C35H48N4O6S. The second-order valence-corrected chi connectivity index (χ2v) is 14.2. The Kier molecular flexibility index (Phi) is 12.6. The number of carbonyl (C=O) groups is 1. The molecule has 2 heterocycles. The minimum absolute atomic E-state index is 0.0766. The van der Waals surface area contributed by atoms with E-state index in [1.54, 1.807) is 60.6 Å². The quantitative estimate of drug-likeness (QED) is 0.327. The third-order valence-electron chi connectivity index (χ3n) is 8.33. The molecule has 0 aliphatic carbocycles. The van der Waals surface area contributed by atoms with Gasteiger partial charge in [0.25, 0.3) is 15.9 Å². The molecule has 4 atom stereocenters. The Morgan fingerprint density at radius 3 is 2.50 bits per heavy atom. The van der Waals surface area contributed by atoms with Crippen molar-refractivity contribution in [3.63, 3.8) is 0 Å². The number of likely N-dealkylation sites (N-methyl/N-ethyl adjacent to an activating group) is 1. The van der Waals surface area contributed by atoms with Gasteiger partial charge in [0.15, 0.2) is 0 Å². The fraction of sp³-hybridized carbons (Fsp3) is 0.486. The molecule has 2 aromatic carbocycles. The average molecular weight is 653 g/mol. The van der Waals surface area contributed by atoms with Crippen LogP contribution in [-0.2, 0) is 21.3 Å². The third kappa shape index (κ3) is 9.75. The molecule has 10 nitrogen and oxygen atoms in total. The Hall–Kier alpha value is -3.51. The van der Waals surface area contributed by atoms with Crippen molar-refractivity contribution in [2.24, 2.45) is 5.92 Å². The van der Waals surface area contributed by atoms with Crippen molar-refractivity contribution in [1.29, 1.82) is 0 Å². The molecule has 1 aliphatic rings. The number of pyridine rings is 1. The van der Waals surface area contributed by atoms with Crippen molar-refractivity contribution in [2.45, 2.75) is 76.6 Å². The summed E-state index contributed by atoms with van der Waals surface area (Å²) in [6.07, 6.45) is 5.73. The monoisotopic (exact) mass is 652 g/mol. The molecule has 2 N–H and O–H groups in total. The highest BCUT2D eigenvalue weighted by Crippen LogP contribution is 2.29. The second kappa shape index (κ2) is 16.4. The van der Waals surface area contributed by atoms with Gasteiger partial charge in [0, 0.05) is 50.2 Å². The highest BCUT2D eigenvalue weighted by molar-refractivity contribution is 7.92. The Labute approximate surface area is 273 Å². The molecule has 0 bridgehead atoms. The van der Waals surface area contributed by atoms with E-state index >= 15 is 0 Å². The predicted molar refractivity (Wildman–Crippen MR) is 179 cm³/mol. The molecule has 250 valence electrons. The van der Waals surface area contributed by atoms with Crippen LogP contribution in [0.15, 0.2) is 71.9 Å². The number of aryl methyl sites for hydroxylation is 1. The van der Waals surface area contributed by atoms with Crippen LogP contribution in [0.3, 0.4) is 0 Å². The normalized spacial score (nSPS) is 20.8. The fourth-order valence-electron chi connectivity index (χ4n) is 5.55. The molecule has 0 unspecified atom stereocenters. The lowest BCUT2D eigenvalue weighted by molar-refractivity contribution is -0.0177. The van der Waals surface area contributed by atoms with E-state index in [1.165, 1.54) is 6.07 Å². The molecule has 0 radical (unpaired) electrons. The van der Waals surface area contributed by atoms with Gasteiger partial charge in [-0.05, 0) is 95.1 Å². The van der Waals surface area contributed by atoms with Gasteiger partial charge in [-0.3, -0.25) is 19.4 Å². The summed E-state index contributed by atoms with van der Waals surface area (Å²) in [5, 5.41) is 10.2. The molecular weight excluding hydrogens is 604 g/mol. The number of sulfonamides is 1. The number of carbonyl (C=O) groups excluding carboxylic acids is 1. The number of hydrogen-bond acceptors (Lipinski definition) is 8. The van der Waals surface area contributed by atoms with E-state index in [0.29, 0.717) is 25.4 Å². The van der Waals surface area contributed by atoms with Crippen LogP contribution < -0.4 is 9.46 Å². The number of aliphatic hydroxyl groups excluding tert-OH is 1. The van der Waals surface area contributed by atoms with E-state index in [4.69, 9.17) is 9.47 Å². The molecule has 46 heavy (non-hydrogen) atoms. The summed E-state index contributed by atoms with van der Waals surface area (Å²) in [4.78, 5) is 22.4. The number of nitrogens with zero attached hydrogens (tertiary/aromatic N) is 3. The number of benzene rings is 2. The SMILES string of the molecule is Cc1ccc(S(=O)(=O)Nc2ccc3c(c2)C(=O)N([C@H](C)CO)C[C@H](C)[C@@H](CN(C)Cc2ccncc2)OCCCC[C@@H](C)O3)cc1. The van der Waals surface area contributed by atoms with Crippen molar-refractivity contribution in [1.82, 2.24) is 14.8 Å². The standard InChI is InChI=1S/C35H48N4O6S/c1-25-9-12-31(13-10-25)46(42,43)37-30-11-14-33-32(20-30)35(41)39(27(3)24-40)21-26(2)34(44-19-7-6-8-28(4)45-33)23-38(5)22-29-15-17-36-18-16-29/h9-18,20,26-28,34,37,40H,6-8,19,21-24H2,1-5H3/t26-,27+,28+,34+/m0/s1. The van der Waals surface area contributed by atoms with Crippen molar-refractivity contribution >= 4 is 21.6 Å². The van der Waals surface area contributed by atoms with Gasteiger partial charge in [-0.15, -0.1) is 0 Å². The van der Waals surface area contributed by atoms with Gasteiger partial charge in [-0.1, -0.05) is 24.6 Å². The zero-order chi connectivity index (χ0) is 33.3. The Morgan fingerprint density at radius 1 is 1.09 bits per heavy atom. The topological polar surface area (TPSA) is 121 Å². The first-order valence-corrected chi connectivity index (χ1v) is 17.5. The summed E-state index contributed by atoms with van der Waals surface area (Å²) >= 11 is 0. The molecule has 1 aliphatic heterocycles. The van der Waals surface area contributed by atoms with E-state index in [-0.39, 0.29) is 46.8 Å². The lowest BCUT2D eigenvalue weighted by Gasteiger charge is -2.36. The molecule has 4 rings (SSSR count). The van der Waals surface area contributed by atoms with Gasteiger partial charge in [0.2, 0.25) is 0 Å². The first-order valence-electron chi connectivity index (χ1n) is 16.0. The maximum absolute atomic E-state index is 14.4. The third-order valence-corrected chi connectivity index (χ3v) is 9.73. The highest BCUT2D eigenvalue weighted by Gasteiger charge is 2.30. The van der Waals surface area contributed by atoms with E-state index in [0.717, 1.165) is 36.9 Å². The van der Waals surface area contributed by atoms with E-state index in [2.05, 4.69) is 28.6 Å². The minimum Gasteiger partial charge on any atom is -0.490 e. The highest BCUT2D eigenvalue weighted by atomic mass is 32.2. The average Bonchev–Trinajstić information content (AvgIpc) is 3.03. The van der Waals surface area contributed by atoms with E-state index < -0.39 is 16.1 Å². The summed E-state index contributed by atoms with van der Waals surface area (Å²) in [5.41, 5.74) is 2.57. The Balaban J connectivity index is 1.64. The lowest BCUT2D eigenvalue weighted by Crippen LogP contribution is -2.47. The first-order chi connectivity index (χ1) is 22.0. The summed E-state index contributed by atoms with van der Waals surface area (Å²) in [6, 6.07) is 14.8. The Morgan fingerprint density at radius 2 is 1.80 bits per heavy atom. The van der Waals surface area contributed by atoms with Crippen LogP contribution in [0.4, 0.5) is 5.69 Å². The first kappa shape index (κ1) is 35.3. The number of nitrogens with one attached hydrogen (secondary N) is 1. The summed E-state index contributed by atoms with van der Waals surface area (Å²) < 4.78 is 41.8. The van der Waals surface area contributed by atoms with Gasteiger partial charge >= 0.3 is 0 Å². The number of aliphatic hydroxyl groups is 1. The molecule has 0 saturated carbocycles. The number of fused-ring (bicyclic) bond motifs is 1. The number of ether oxygens (including phenoxy) is 2. The largest absolute Gasteiger partial charge is 0.490 e. The van der Waals surface area contributed by atoms with Gasteiger partial charge in [0.05, 0.1) is 35.3 Å². The van der Waals surface area contributed by atoms with Crippen LogP contribution in [0.5, 0.6) is 5.75 Å². The van der Waals surface area contributed by atoms with Crippen LogP contribution in [0.1, 0.15) is 61.5 Å². The molecule has 3 aromatic rings. The lowest BCUT2D eigenvalue weighted by atomic mass is 10.0.